The molecule has 0 radical (unpaired) electrons. The summed E-state index contributed by atoms with van der Waals surface area (Å²) < 4.78 is 0. The first-order valence-electron chi connectivity index (χ1n) is 3.21. The zero-order valence-corrected chi connectivity index (χ0v) is 5.71. The Morgan fingerprint density at radius 3 is 2.50 bits per heavy atom. The number of allylic oxidation sites excluding steroid dienone is 2. The largest absolute Gasteiger partial charge is 0.481 e. The monoisotopic (exact) mass is 138 g/mol. The topological polar surface area (TPSA) is 37.3 Å². The van der Waals surface area contributed by atoms with Crippen molar-refractivity contribution >= 4 is 5.97 Å². The molecule has 2 atom stereocenters. The Balaban J connectivity index is 2.46. The molecular formula is C8H10O2. The number of hydrogen-bond donors (Lipinski definition) is 1. The lowest BCUT2D eigenvalue weighted by Crippen LogP contribution is -1.99. The third kappa shape index (κ3) is 1.10. The van der Waals surface area contributed by atoms with E-state index in [1.54, 1.807) is 6.08 Å². The van der Waals surface area contributed by atoms with Gasteiger partial charge in [0.25, 0.3) is 0 Å². The molecule has 0 amide bonds. The predicted molar refractivity (Wildman–Crippen MR) is 38.6 cm³/mol. The van der Waals surface area contributed by atoms with Gasteiger partial charge in [-0.2, -0.15) is 0 Å². The minimum Gasteiger partial charge on any atom is -0.481 e. The summed E-state index contributed by atoms with van der Waals surface area (Å²) in [6.07, 6.45) is 2.37. The van der Waals surface area contributed by atoms with Crippen molar-refractivity contribution in [3.63, 3.8) is 0 Å². The number of aliphatic carboxylic acids is 1. The molecule has 10 heavy (non-hydrogen) atoms. The van der Waals surface area contributed by atoms with Gasteiger partial charge in [0.15, 0.2) is 0 Å². The van der Waals surface area contributed by atoms with E-state index >= 15 is 0 Å². The molecule has 0 aromatic rings. The zero-order chi connectivity index (χ0) is 7.72. The number of carbonyl (C=O) groups is 1. The summed E-state index contributed by atoms with van der Waals surface area (Å²) in [5, 5.41) is 8.49. The van der Waals surface area contributed by atoms with Gasteiger partial charge < -0.3 is 5.11 Å². The molecule has 0 spiro atoms. The van der Waals surface area contributed by atoms with Gasteiger partial charge in [-0.3, -0.25) is 4.79 Å². The van der Waals surface area contributed by atoms with E-state index in [1.165, 1.54) is 0 Å². The second-order valence-electron chi connectivity index (χ2n) is 2.57. The lowest BCUT2D eigenvalue weighted by atomic mass is 10.1. The Hall–Kier alpha value is -1.05. The van der Waals surface area contributed by atoms with Crippen molar-refractivity contribution in [2.75, 3.05) is 0 Å². The van der Waals surface area contributed by atoms with E-state index < -0.39 is 5.97 Å². The van der Waals surface area contributed by atoms with Crippen molar-refractivity contribution in [2.45, 2.75) is 6.42 Å². The van der Waals surface area contributed by atoms with Gasteiger partial charge in [-0.25, -0.2) is 0 Å². The molecule has 1 aliphatic carbocycles. The molecule has 0 saturated heterocycles. The average Bonchev–Trinajstić information content (AvgIpc) is 2.64. The van der Waals surface area contributed by atoms with E-state index in [0.29, 0.717) is 0 Å². The van der Waals surface area contributed by atoms with Crippen molar-refractivity contribution in [2.24, 2.45) is 11.8 Å². The molecule has 1 rings (SSSR count). The third-order valence-corrected chi connectivity index (χ3v) is 1.85. The molecule has 1 aliphatic rings. The smallest absolute Gasteiger partial charge is 0.307 e. The fraction of sp³-hybridized carbons (Fsp3) is 0.375. The summed E-state index contributed by atoms with van der Waals surface area (Å²) in [7, 11) is 0. The van der Waals surface area contributed by atoms with Gasteiger partial charge in [-0.1, -0.05) is 24.8 Å². The molecule has 0 aromatic carbocycles. The van der Waals surface area contributed by atoms with Crippen LogP contribution in [0.25, 0.3) is 0 Å². The van der Waals surface area contributed by atoms with Crippen LogP contribution in [0, 0.1) is 11.8 Å². The average molecular weight is 138 g/mol. The van der Waals surface area contributed by atoms with Crippen molar-refractivity contribution in [3.05, 3.63) is 24.8 Å². The zero-order valence-electron chi connectivity index (χ0n) is 5.71. The Morgan fingerprint density at radius 2 is 2.20 bits per heavy atom. The highest BCUT2D eigenvalue weighted by Crippen LogP contribution is 2.43. The SMILES string of the molecule is C=CC(=C)C1CC1C(=O)O. The highest BCUT2D eigenvalue weighted by molar-refractivity contribution is 5.74. The van der Waals surface area contributed by atoms with Crippen molar-refractivity contribution in [1.82, 2.24) is 0 Å². The molecule has 1 fully saturated rings. The summed E-state index contributed by atoms with van der Waals surface area (Å²) in [6, 6.07) is 0. The van der Waals surface area contributed by atoms with Gasteiger partial charge in [-0.15, -0.1) is 0 Å². The van der Waals surface area contributed by atoms with Crippen LogP contribution >= 0.6 is 0 Å². The normalized spacial score (nSPS) is 29.2. The summed E-state index contributed by atoms with van der Waals surface area (Å²) in [4.78, 5) is 10.3. The van der Waals surface area contributed by atoms with Crippen LogP contribution in [0.4, 0.5) is 0 Å². The Labute approximate surface area is 59.9 Å². The van der Waals surface area contributed by atoms with E-state index in [-0.39, 0.29) is 11.8 Å². The molecule has 0 heterocycles. The Morgan fingerprint density at radius 1 is 1.60 bits per heavy atom. The van der Waals surface area contributed by atoms with Gasteiger partial charge in [-0.05, 0) is 12.3 Å². The molecule has 54 valence electrons. The molecule has 0 aromatic heterocycles. The third-order valence-electron chi connectivity index (χ3n) is 1.85. The fourth-order valence-corrected chi connectivity index (χ4v) is 1.03. The Bertz CT molecular complexity index is 193. The van der Waals surface area contributed by atoms with Crippen LogP contribution in [0.3, 0.4) is 0 Å². The molecule has 1 saturated carbocycles. The minimum absolute atomic E-state index is 0.162. The first-order valence-corrected chi connectivity index (χ1v) is 3.21. The van der Waals surface area contributed by atoms with E-state index in [9.17, 15) is 4.79 Å². The maximum atomic E-state index is 10.3. The summed E-state index contributed by atoms with van der Waals surface area (Å²) >= 11 is 0. The molecule has 0 bridgehead atoms. The predicted octanol–water partition coefficient (Wildman–Crippen LogP) is 1.45. The fourth-order valence-electron chi connectivity index (χ4n) is 1.03. The highest BCUT2D eigenvalue weighted by atomic mass is 16.4. The first-order chi connectivity index (χ1) is 4.66. The summed E-state index contributed by atoms with van der Waals surface area (Å²) in [6.45, 7) is 7.21. The maximum Gasteiger partial charge on any atom is 0.307 e. The van der Waals surface area contributed by atoms with Gasteiger partial charge in [0.2, 0.25) is 0 Å². The van der Waals surface area contributed by atoms with Gasteiger partial charge in [0.1, 0.15) is 0 Å². The van der Waals surface area contributed by atoms with Crippen LogP contribution in [0.5, 0.6) is 0 Å². The highest BCUT2D eigenvalue weighted by Gasteiger charge is 2.43. The number of carboxylic acid groups (broad SMARTS) is 1. The lowest BCUT2D eigenvalue weighted by molar-refractivity contribution is -0.138. The molecule has 2 nitrogen and oxygen atoms in total. The van der Waals surface area contributed by atoms with Crippen molar-refractivity contribution in [3.8, 4) is 0 Å². The lowest BCUT2D eigenvalue weighted by Gasteiger charge is -1.92. The van der Waals surface area contributed by atoms with Crippen LogP contribution in [-0.4, -0.2) is 11.1 Å². The maximum absolute atomic E-state index is 10.3. The first kappa shape index (κ1) is 7.06. The second kappa shape index (κ2) is 2.29. The van der Waals surface area contributed by atoms with Crippen molar-refractivity contribution in [1.29, 1.82) is 0 Å². The molecule has 2 unspecified atom stereocenters. The molecule has 2 heteroatoms. The number of rotatable bonds is 3. The van der Waals surface area contributed by atoms with Gasteiger partial charge in [0.05, 0.1) is 5.92 Å². The Kier molecular flexibility index (Phi) is 1.62. The quantitative estimate of drug-likeness (QED) is 0.599. The van der Waals surface area contributed by atoms with E-state index in [2.05, 4.69) is 13.2 Å². The standard InChI is InChI=1S/C8H10O2/c1-3-5(2)6-4-7(6)8(9)10/h3,6-7H,1-2,4H2,(H,9,10). The molecular weight excluding hydrogens is 128 g/mol. The van der Waals surface area contributed by atoms with Gasteiger partial charge in [0, 0.05) is 0 Å². The molecule has 1 N–H and O–H groups in total. The van der Waals surface area contributed by atoms with E-state index in [0.717, 1.165) is 12.0 Å². The van der Waals surface area contributed by atoms with Crippen LogP contribution in [-0.2, 0) is 4.79 Å². The number of carboxylic acids is 1. The van der Waals surface area contributed by atoms with Gasteiger partial charge >= 0.3 is 5.97 Å². The van der Waals surface area contributed by atoms with E-state index in [4.69, 9.17) is 5.11 Å². The van der Waals surface area contributed by atoms with Crippen LogP contribution in [0.15, 0.2) is 24.8 Å². The summed E-state index contributed by atoms with van der Waals surface area (Å²) in [5.41, 5.74) is 0.854. The number of hydrogen-bond acceptors (Lipinski definition) is 1. The van der Waals surface area contributed by atoms with E-state index in [1.807, 2.05) is 0 Å². The molecule has 0 aliphatic heterocycles. The van der Waals surface area contributed by atoms with Crippen LogP contribution in [0.1, 0.15) is 6.42 Å². The van der Waals surface area contributed by atoms with Crippen LogP contribution in [0.2, 0.25) is 0 Å². The second-order valence-corrected chi connectivity index (χ2v) is 2.57. The summed E-state index contributed by atoms with van der Waals surface area (Å²) in [5.74, 6) is -0.742. The minimum atomic E-state index is -0.715. The van der Waals surface area contributed by atoms with Crippen molar-refractivity contribution < 1.29 is 9.90 Å². The van der Waals surface area contributed by atoms with Crippen LogP contribution < -0.4 is 0 Å².